The van der Waals surface area contributed by atoms with Crippen LogP contribution in [0, 0.1) is 3.57 Å². The molecule has 0 spiro atoms. The lowest BCUT2D eigenvalue weighted by molar-refractivity contribution is -0.145. The molecular weight excluding hydrogens is 703 g/mol. The summed E-state index contributed by atoms with van der Waals surface area (Å²) in [7, 11) is 1.43. The van der Waals surface area contributed by atoms with Crippen molar-refractivity contribution in [1.82, 2.24) is 16.1 Å². The molecule has 1 aliphatic heterocycles. The Morgan fingerprint density at radius 2 is 1.71 bits per heavy atom. The number of methoxy groups -OCH3 is 1. The minimum atomic E-state index is -0.789. The zero-order valence-electron chi connectivity index (χ0n) is 25.5. The van der Waals surface area contributed by atoms with Crippen LogP contribution >= 0.6 is 22.6 Å². The van der Waals surface area contributed by atoms with Gasteiger partial charge in [-0.1, -0.05) is 6.07 Å². The van der Waals surface area contributed by atoms with Crippen molar-refractivity contribution in [2.24, 2.45) is 5.10 Å². The third-order valence-electron chi connectivity index (χ3n) is 6.02. The summed E-state index contributed by atoms with van der Waals surface area (Å²) in [6.45, 7) is 6.97. The third-order valence-corrected chi connectivity index (χ3v) is 6.82. The normalized spacial score (nSPS) is 14.3. The van der Waals surface area contributed by atoms with Gasteiger partial charge in [-0.3, -0.25) is 4.79 Å². The van der Waals surface area contributed by atoms with E-state index in [4.69, 9.17) is 28.4 Å². The van der Waals surface area contributed by atoms with Gasteiger partial charge in [-0.2, -0.15) is 5.10 Å². The maximum atomic E-state index is 12.6. The molecule has 242 valence electrons. The van der Waals surface area contributed by atoms with Crippen LogP contribution in [-0.2, 0) is 23.9 Å². The first-order chi connectivity index (χ1) is 21.6. The number of urea groups is 1. The molecule has 0 saturated heterocycles. The molecule has 3 amide bonds. The van der Waals surface area contributed by atoms with Crippen LogP contribution in [0.5, 0.6) is 23.0 Å². The first kappa shape index (κ1) is 34.9. The zero-order valence-corrected chi connectivity index (χ0v) is 27.6. The second-order valence-electron chi connectivity index (χ2n) is 9.14. The molecule has 2 aromatic rings. The SMILES string of the molecule is CCOC(=O)COc1c(I)cc(/C=N\NC(=O)COc2ccc([C@H]3NC(=O)NC(C)=C3C(=O)OCC)cc2OC)cc1OCC. The number of hydrogen-bond acceptors (Lipinski definition) is 11. The molecule has 0 unspecified atom stereocenters. The topological polar surface area (TPSA) is 172 Å². The van der Waals surface area contributed by atoms with Crippen LogP contribution in [0.1, 0.15) is 44.9 Å². The molecule has 1 atom stereocenters. The molecule has 1 heterocycles. The Morgan fingerprint density at radius 3 is 2.40 bits per heavy atom. The fourth-order valence-electron chi connectivity index (χ4n) is 4.16. The lowest BCUT2D eigenvalue weighted by atomic mass is 9.95. The van der Waals surface area contributed by atoms with Crippen LogP contribution in [0.4, 0.5) is 4.79 Å². The monoisotopic (exact) mass is 738 g/mol. The largest absolute Gasteiger partial charge is 0.493 e. The Morgan fingerprint density at radius 1 is 0.956 bits per heavy atom. The molecule has 0 aliphatic carbocycles. The van der Waals surface area contributed by atoms with Gasteiger partial charge in [0.1, 0.15) is 0 Å². The Hall–Kier alpha value is -4.54. The number of carbonyl (C=O) groups excluding carboxylic acids is 4. The van der Waals surface area contributed by atoms with Crippen molar-refractivity contribution in [3.8, 4) is 23.0 Å². The smallest absolute Gasteiger partial charge is 0.344 e. The van der Waals surface area contributed by atoms with Gasteiger partial charge in [0.05, 0.1) is 48.3 Å². The number of benzene rings is 2. The van der Waals surface area contributed by atoms with E-state index in [1.165, 1.54) is 13.3 Å². The molecule has 0 aromatic heterocycles. The first-order valence-corrected chi connectivity index (χ1v) is 15.0. The van der Waals surface area contributed by atoms with Crippen LogP contribution in [0.3, 0.4) is 0 Å². The predicted octanol–water partition coefficient (Wildman–Crippen LogP) is 3.36. The molecule has 1 aliphatic rings. The van der Waals surface area contributed by atoms with Crippen molar-refractivity contribution < 1.29 is 47.6 Å². The van der Waals surface area contributed by atoms with Crippen molar-refractivity contribution in [2.75, 3.05) is 40.1 Å². The first-order valence-electron chi connectivity index (χ1n) is 13.9. The molecule has 3 rings (SSSR count). The molecule has 0 radical (unpaired) electrons. The number of halogens is 1. The van der Waals surface area contributed by atoms with Crippen molar-refractivity contribution >= 4 is 52.7 Å². The van der Waals surface area contributed by atoms with Gasteiger partial charge >= 0.3 is 18.0 Å². The lowest BCUT2D eigenvalue weighted by Gasteiger charge is -2.28. The van der Waals surface area contributed by atoms with Gasteiger partial charge in [0.2, 0.25) is 0 Å². The van der Waals surface area contributed by atoms with Gasteiger partial charge in [0, 0.05) is 5.70 Å². The second-order valence-corrected chi connectivity index (χ2v) is 10.3. The molecule has 14 nitrogen and oxygen atoms in total. The highest BCUT2D eigenvalue weighted by molar-refractivity contribution is 14.1. The summed E-state index contributed by atoms with van der Waals surface area (Å²) in [5.41, 5.74) is 4.19. The Labute approximate surface area is 273 Å². The number of rotatable bonds is 15. The van der Waals surface area contributed by atoms with Crippen LogP contribution in [0.15, 0.2) is 46.7 Å². The van der Waals surface area contributed by atoms with Crippen molar-refractivity contribution in [2.45, 2.75) is 33.7 Å². The number of amides is 3. The zero-order chi connectivity index (χ0) is 32.9. The minimum absolute atomic E-state index is 0.173. The Bertz CT molecular complexity index is 1480. The fourth-order valence-corrected chi connectivity index (χ4v) is 4.94. The molecule has 2 aromatic carbocycles. The van der Waals surface area contributed by atoms with Gasteiger partial charge in [0.15, 0.2) is 36.2 Å². The van der Waals surface area contributed by atoms with E-state index in [0.717, 1.165) is 0 Å². The molecule has 0 bridgehead atoms. The molecule has 45 heavy (non-hydrogen) atoms. The minimum Gasteiger partial charge on any atom is -0.493 e. The number of carbonyl (C=O) groups is 4. The van der Waals surface area contributed by atoms with E-state index in [1.807, 2.05) is 6.92 Å². The Balaban J connectivity index is 1.66. The van der Waals surface area contributed by atoms with E-state index >= 15 is 0 Å². The van der Waals surface area contributed by atoms with Gasteiger partial charge in [-0.25, -0.2) is 19.8 Å². The molecule has 15 heteroatoms. The van der Waals surface area contributed by atoms with Crippen LogP contribution in [-0.4, -0.2) is 70.2 Å². The average Bonchev–Trinajstić information content (AvgIpc) is 2.99. The lowest BCUT2D eigenvalue weighted by Crippen LogP contribution is -2.45. The fraction of sp³-hybridized carbons (Fsp3) is 0.367. The summed E-state index contributed by atoms with van der Waals surface area (Å²) in [6.07, 6.45) is 1.43. The summed E-state index contributed by atoms with van der Waals surface area (Å²) < 4.78 is 33.1. The van der Waals surface area contributed by atoms with Gasteiger partial charge in [-0.15, -0.1) is 0 Å². The van der Waals surface area contributed by atoms with Crippen LogP contribution in [0.2, 0.25) is 0 Å². The van der Waals surface area contributed by atoms with Crippen molar-refractivity contribution in [3.63, 3.8) is 0 Å². The number of allylic oxidation sites excluding steroid dienone is 1. The van der Waals surface area contributed by atoms with Crippen molar-refractivity contribution in [3.05, 3.63) is 56.3 Å². The van der Waals surface area contributed by atoms with Crippen LogP contribution in [0.25, 0.3) is 0 Å². The summed E-state index contributed by atoms with van der Waals surface area (Å²) in [4.78, 5) is 48.9. The highest BCUT2D eigenvalue weighted by Gasteiger charge is 2.32. The van der Waals surface area contributed by atoms with Crippen LogP contribution < -0.4 is 35.0 Å². The number of nitrogens with one attached hydrogen (secondary N) is 3. The van der Waals surface area contributed by atoms with E-state index in [-0.39, 0.29) is 43.5 Å². The third kappa shape index (κ3) is 9.72. The van der Waals surface area contributed by atoms with E-state index in [2.05, 4.69) is 43.8 Å². The summed E-state index contributed by atoms with van der Waals surface area (Å²) in [6, 6.07) is 6.98. The van der Waals surface area contributed by atoms with Gasteiger partial charge in [0.25, 0.3) is 5.91 Å². The average molecular weight is 739 g/mol. The number of esters is 2. The van der Waals surface area contributed by atoms with Gasteiger partial charge < -0.3 is 39.1 Å². The van der Waals surface area contributed by atoms with E-state index in [9.17, 15) is 19.2 Å². The number of nitrogens with zero attached hydrogens (tertiary/aromatic N) is 1. The van der Waals surface area contributed by atoms with E-state index in [0.29, 0.717) is 38.5 Å². The summed E-state index contributed by atoms with van der Waals surface area (Å²) in [5, 5.41) is 9.30. The highest BCUT2D eigenvalue weighted by Crippen LogP contribution is 2.35. The summed E-state index contributed by atoms with van der Waals surface area (Å²) in [5.74, 6) is -0.263. The number of hydrazone groups is 1. The molecule has 0 saturated carbocycles. The number of hydrogen-bond donors (Lipinski definition) is 3. The van der Waals surface area contributed by atoms with E-state index < -0.39 is 29.9 Å². The maximum Gasteiger partial charge on any atom is 0.344 e. The maximum absolute atomic E-state index is 12.6. The number of ether oxygens (including phenoxy) is 6. The van der Waals surface area contributed by atoms with E-state index in [1.54, 1.807) is 51.1 Å². The van der Waals surface area contributed by atoms with Gasteiger partial charge in [-0.05, 0) is 85.7 Å². The molecule has 3 N–H and O–H groups in total. The predicted molar refractivity (Wildman–Crippen MR) is 170 cm³/mol. The Kier molecular flexibility index (Phi) is 13.3. The van der Waals surface area contributed by atoms with Crippen molar-refractivity contribution in [1.29, 1.82) is 0 Å². The second kappa shape index (κ2) is 17.1. The highest BCUT2D eigenvalue weighted by atomic mass is 127. The molecule has 0 fully saturated rings. The molecular formula is C30H35IN4O10. The summed E-state index contributed by atoms with van der Waals surface area (Å²) >= 11 is 2.05. The quantitative estimate of drug-likeness (QED) is 0.107. The standard InChI is InChI=1S/C30H35IN4O10/c1-6-41-23-12-18(11-20(31)28(23)45-16-25(37)42-7-2)14-32-35-24(36)15-44-21-10-9-19(13-22(21)40-5)27-26(29(38)43-8-3)17(4)33-30(39)34-27/h9-14,27H,6-8,15-16H2,1-5H3,(H,35,36)(H2,33,34,39)/b32-14-/t27-/m1/s1.